The second kappa shape index (κ2) is 11.0. The highest BCUT2D eigenvalue weighted by molar-refractivity contribution is 7.99. The van der Waals surface area contributed by atoms with Gasteiger partial charge < -0.3 is 11.1 Å². The van der Waals surface area contributed by atoms with E-state index in [9.17, 15) is 4.79 Å². The van der Waals surface area contributed by atoms with E-state index in [0.717, 1.165) is 45.4 Å². The first kappa shape index (κ1) is 20.3. The number of carbonyl (C=O) groups excluding carboxylic acids is 1. The summed E-state index contributed by atoms with van der Waals surface area (Å²) in [5.41, 5.74) is 5.72. The molecule has 1 saturated carbocycles. The summed E-state index contributed by atoms with van der Waals surface area (Å²) >= 11 is 2.02. The van der Waals surface area contributed by atoms with Crippen LogP contribution in [0.15, 0.2) is 0 Å². The normalized spacial score (nSPS) is 26.4. The summed E-state index contributed by atoms with van der Waals surface area (Å²) in [6.45, 7) is 4.76. The molecule has 2 fully saturated rings. The molecule has 0 aromatic rings. The molecule has 0 aromatic heterocycles. The Balaban J connectivity index is 0.00000180. The molecule has 2 rings (SSSR count). The maximum Gasteiger partial charge on any atom is 0.223 e. The van der Waals surface area contributed by atoms with Gasteiger partial charge in [0.25, 0.3) is 0 Å². The molecule has 3 N–H and O–H groups in total. The highest BCUT2D eigenvalue weighted by Gasteiger charge is 2.31. The summed E-state index contributed by atoms with van der Waals surface area (Å²) in [6.07, 6.45) is 3.30. The van der Waals surface area contributed by atoms with Crippen LogP contribution in [-0.2, 0) is 4.79 Å². The fourth-order valence-corrected chi connectivity index (χ4v) is 3.94. The molecule has 0 bridgehead atoms. The summed E-state index contributed by atoms with van der Waals surface area (Å²) in [4.78, 5) is 14.5. The molecule has 2 aliphatic rings. The van der Waals surface area contributed by atoms with E-state index in [2.05, 4.69) is 10.2 Å². The maximum absolute atomic E-state index is 12.1. The summed E-state index contributed by atoms with van der Waals surface area (Å²) in [5.74, 6) is 3.27. The smallest absolute Gasteiger partial charge is 0.223 e. The Hall–Kier alpha value is 0.320. The minimum absolute atomic E-state index is 0. The van der Waals surface area contributed by atoms with Gasteiger partial charge in [-0.25, -0.2) is 0 Å². The van der Waals surface area contributed by atoms with Gasteiger partial charge in [0.1, 0.15) is 0 Å². The summed E-state index contributed by atoms with van der Waals surface area (Å²) < 4.78 is 0. The topological polar surface area (TPSA) is 58.4 Å². The molecule has 1 amide bonds. The quantitative estimate of drug-likeness (QED) is 0.791. The van der Waals surface area contributed by atoms with E-state index in [1.54, 1.807) is 0 Å². The number of carbonyl (C=O) groups is 1. The predicted octanol–water partition coefficient (Wildman–Crippen LogP) is 1.37. The van der Waals surface area contributed by atoms with Crippen molar-refractivity contribution in [3.63, 3.8) is 0 Å². The molecule has 7 heteroatoms. The first-order valence-electron chi connectivity index (χ1n) is 7.09. The van der Waals surface area contributed by atoms with Crippen LogP contribution in [0.25, 0.3) is 0 Å². The van der Waals surface area contributed by atoms with Gasteiger partial charge >= 0.3 is 0 Å². The molecule has 0 aromatic carbocycles. The Labute approximate surface area is 138 Å². The van der Waals surface area contributed by atoms with Gasteiger partial charge in [-0.3, -0.25) is 9.69 Å². The second-order valence-corrected chi connectivity index (χ2v) is 6.50. The minimum Gasteiger partial charge on any atom is -0.355 e. The van der Waals surface area contributed by atoms with Crippen LogP contribution in [0.3, 0.4) is 0 Å². The zero-order valence-corrected chi connectivity index (χ0v) is 14.3. The lowest BCUT2D eigenvalue weighted by Crippen LogP contribution is -2.41. The van der Waals surface area contributed by atoms with E-state index in [4.69, 9.17) is 5.73 Å². The van der Waals surface area contributed by atoms with Gasteiger partial charge in [0.05, 0.1) is 0 Å². The third-order valence-corrected chi connectivity index (χ3v) is 5.07. The molecular formula is C13H27Cl2N3OS. The van der Waals surface area contributed by atoms with E-state index < -0.39 is 0 Å². The summed E-state index contributed by atoms with van der Waals surface area (Å²) in [5, 5.41) is 3.09. The van der Waals surface area contributed by atoms with Crippen molar-refractivity contribution in [2.45, 2.75) is 19.3 Å². The van der Waals surface area contributed by atoms with Gasteiger partial charge in [-0.1, -0.05) is 6.42 Å². The zero-order valence-electron chi connectivity index (χ0n) is 11.9. The fraction of sp³-hybridized carbons (Fsp3) is 0.923. The van der Waals surface area contributed by atoms with E-state index in [1.807, 2.05) is 11.8 Å². The molecule has 1 heterocycles. The standard InChI is InChI=1S/C13H25N3OS.2ClH/c14-10-11-2-1-3-12(11)13(17)15-4-5-16-6-8-18-9-7-16;;/h11-12H,1-10,14H2,(H,15,17);2*1H/t11-,12-;;/m1../s1. The van der Waals surface area contributed by atoms with Gasteiger partial charge in [0, 0.05) is 43.6 Å². The van der Waals surface area contributed by atoms with Crippen molar-refractivity contribution in [2.75, 3.05) is 44.2 Å². The highest BCUT2D eigenvalue weighted by atomic mass is 35.5. The largest absolute Gasteiger partial charge is 0.355 e. The third kappa shape index (κ3) is 5.98. The SMILES string of the molecule is Cl.Cl.NC[C@H]1CCC[C@H]1C(=O)NCCN1CCSCC1. The molecule has 1 saturated heterocycles. The fourth-order valence-electron chi connectivity index (χ4n) is 2.96. The van der Waals surface area contributed by atoms with Gasteiger partial charge in [-0.2, -0.15) is 11.8 Å². The molecule has 20 heavy (non-hydrogen) atoms. The molecule has 1 aliphatic heterocycles. The van der Waals surface area contributed by atoms with Crippen LogP contribution in [0.4, 0.5) is 0 Å². The number of amides is 1. The van der Waals surface area contributed by atoms with Crippen LogP contribution in [0.5, 0.6) is 0 Å². The Bertz CT molecular complexity index is 278. The van der Waals surface area contributed by atoms with Crippen LogP contribution >= 0.6 is 36.6 Å². The molecule has 0 spiro atoms. The summed E-state index contributed by atoms with van der Waals surface area (Å²) in [7, 11) is 0. The third-order valence-electron chi connectivity index (χ3n) is 4.13. The average molecular weight is 344 g/mol. The van der Waals surface area contributed by atoms with Crippen molar-refractivity contribution < 1.29 is 4.79 Å². The first-order chi connectivity index (χ1) is 8.81. The first-order valence-corrected chi connectivity index (χ1v) is 8.24. The van der Waals surface area contributed by atoms with Gasteiger partial charge in [-0.15, -0.1) is 24.8 Å². The lowest BCUT2D eigenvalue weighted by Gasteiger charge is -2.26. The molecular weight excluding hydrogens is 317 g/mol. The Morgan fingerprint density at radius 1 is 1.25 bits per heavy atom. The van der Waals surface area contributed by atoms with Gasteiger partial charge in [0.15, 0.2) is 0 Å². The van der Waals surface area contributed by atoms with E-state index in [0.29, 0.717) is 12.5 Å². The van der Waals surface area contributed by atoms with Crippen molar-refractivity contribution in [3.05, 3.63) is 0 Å². The zero-order chi connectivity index (χ0) is 12.8. The van der Waals surface area contributed by atoms with Crippen molar-refractivity contribution >= 4 is 42.5 Å². The van der Waals surface area contributed by atoms with E-state index >= 15 is 0 Å². The lowest BCUT2D eigenvalue weighted by molar-refractivity contribution is -0.126. The molecule has 0 radical (unpaired) electrons. The van der Waals surface area contributed by atoms with Crippen LogP contribution in [0.2, 0.25) is 0 Å². The second-order valence-electron chi connectivity index (χ2n) is 5.28. The highest BCUT2D eigenvalue weighted by Crippen LogP contribution is 2.30. The Morgan fingerprint density at radius 3 is 2.60 bits per heavy atom. The van der Waals surface area contributed by atoms with E-state index in [-0.39, 0.29) is 36.6 Å². The van der Waals surface area contributed by atoms with Crippen LogP contribution in [-0.4, -0.2) is 55.0 Å². The molecule has 4 nitrogen and oxygen atoms in total. The Morgan fingerprint density at radius 2 is 1.95 bits per heavy atom. The number of halogens is 2. The minimum atomic E-state index is 0. The predicted molar refractivity (Wildman–Crippen MR) is 91.2 cm³/mol. The average Bonchev–Trinajstić information content (AvgIpc) is 2.88. The molecule has 1 aliphatic carbocycles. The van der Waals surface area contributed by atoms with E-state index in [1.165, 1.54) is 11.5 Å². The Kier molecular flexibility index (Phi) is 11.1. The number of nitrogens with zero attached hydrogens (tertiary/aromatic N) is 1. The number of hydrogen-bond acceptors (Lipinski definition) is 4. The molecule has 0 unspecified atom stereocenters. The monoisotopic (exact) mass is 343 g/mol. The van der Waals surface area contributed by atoms with Crippen molar-refractivity contribution in [1.29, 1.82) is 0 Å². The van der Waals surface area contributed by atoms with Crippen LogP contribution in [0.1, 0.15) is 19.3 Å². The van der Waals surface area contributed by atoms with Gasteiger partial charge in [-0.05, 0) is 25.3 Å². The van der Waals surface area contributed by atoms with Crippen molar-refractivity contribution in [2.24, 2.45) is 17.6 Å². The molecule has 120 valence electrons. The van der Waals surface area contributed by atoms with Crippen molar-refractivity contribution in [1.82, 2.24) is 10.2 Å². The molecule has 2 atom stereocenters. The number of nitrogens with one attached hydrogen (secondary N) is 1. The van der Waals surface area contributed by atoms with Gasteiger partial charge in [0.2, 0.25) is 5.91 Å². The van der Waals surface area contributed by atoms with Crippen molar-refractivity contribution in [3.8, 4) is 0 Å². The van der Waals surface area contributed by atoms with Crippen LogP contribution in [0, 0.1) is 11.8 Å². The van der Waals surface area contributed by atoms with Crippen LogP contribution < -0.4 is 11.1 Å². The summed E-state index contributed by atoms with van der Waals surface area (Å²) in [6, 6.07) is 0. The number of thioether (sulfide) groups is 1. The number of rotatable bonds is 5. The number of hydrogen-bond donors (Lipinski definition) is 2. The lowest BCUT2D eigenvalue weighted by atomic mass is 9.95. The maximum atomic E-state index is 12.1. The number of nitrogens with two attached hydrogens (primary N) is 1.